The van der Waals surface area contributed by atoms with Crippen LogP contribution in [0.25, 0.3) is 0 Å². The molecule has 1 rings (SSSR count). The molecule has 1 aromatic heterocycles. The SMILES string of the molecule is CC(C)(N)c1ncccc1F. The number of nitrogens with two attached hydrogens (primary N) is 1. The number of pyridine rings is 1. The number of rotatable bonds is 1. The number of halogens is 1. The molecular weight excluding hydrogens is 143 g/mol. The van der Waals surface area contributed by atoms with Crippen LogP contribution in [0.4, 0.5) is 4.39 Å². The van der Waals surface area contributed by atoms with Crippen LogP contribution in [0.2, 0.25) is 0 Å². The summed E-state index contributed by atoms with van der Waals surface area (Å²) < 4.78 is 12.9. The first-order valence-corrected chi connectivity index (χ1v) is 3.41. The molecule has 0 atom stereocenters. The van der Waals surface area contributed by atoms with Gasteiger partial charge in [0, 0.05) is 6.20 Å². The van der Waals surface area contributed by atoms with Crippen molar-refractivity contribution in [1.29, 1.82) is 0 Å². The molecule has 11 heavy (non-hydrogen) atoms. The molecule has 0 aliphatic rings. The lowest BCUT2D eigenvalue weighted by Gasteiger charge is -2.17. The number of hydrogen-bond donors (Lipinski definition) is 1. The molecule has 0 radical (unpaired) electrons. The zero-order valence-corrected chi connectivity index (χ0v) is 6.63. The Morgan fingerprint density at radius 1 is 1.55 bits per heavy atom. The van der Waals surface area contributed by atoms with Crippen LogP contribution in [0.5, 0.6) is 0 Å². The van der Waals surface area contributed by atoms with E-state index in [1.807, 2.05) is 0 Å². The largest absolute Gasteiger partial charge is 0.320 e. The average molecular weight is 154 g/mol. The fraction of sp³-hybridized carbons (Fsp3) is 0.375. The lowest BCUT2D eigenvalue weighted by molar-refractivity contribution is 0.482. The first kappa shape index (κ1) is 8.14. The molecule has 1 heterocycles. The van der Waals surface area contributed by atoms with Gasteiger partial charge in [-0.3, -0.25) is 4.98 Å². The summed E-state index contributed by atoms with van der Waals surface area (Å²) >= 11 is 0. The van der Waals surface area contributed by atoms with Crippen LogP contribution in [0.3, 0.4) is 0 Å². The van der Waals surface area contributed by atoms with Crippen LogP contribution in [0.1, 0.15) is 19.5 Å². The highest BCUT2D eigenvalue weighted by Crippen LogP contribution is 2.16. The topological polar surface area (TPSA) is 38.9 Å². The van der Waals surface area contributed by atoms with Crippen LogP contribution in [-0.2, 0) is 5.54 Å². The summed E-state index contributed by atoms with van der Waals surface area (Å²) in [5, 5.41) is 0. The van der Waals surface area contributed by atoms with Gasteiger partial charge in [-0.2, -0.15) is 0 Å². The zero-order valence-electron chi connectivity index (χ0n) is 6.63. The van der Waals surface area contributed by atoms with E-state index in [1.54, 1.807) is 19.9 Å². The van der Waals surface area contributed by atoms with Gasteiger partial charge in [-0.05, 0) is 26.0 Å². The summed E-state index contributed by atoms with van der Waals surface area (Å²) in [6.45, 7) is 3.44. The van der Waals surface area contributed by atoms with E-state index in [4.69, 9.17) is 5.73 Å². The van der Waals surface area contributed by atoms with Crippen molar-refractivity contribution in [2.45, 2.75) is 19.4 Å². The van der Waals surface area contributed by atoms with Crippen molar-refractivity contribution < 1.29 is 4.39 Å². The molecule has 2 nitrogen and oxygen atoms in total. The lowest BCUT2D eigenvalue weighted by atomic mass is 10.0. The summed E-state index contributed by atoms with van der Waals surface area (Å²) in [5.74, 6) is -0.347. The molecule has 0 saturated carbocycles. The van der Waals surface area contributed by atoms with Crippen LogP contribution < -0.4 is 5.73 Å². The van der Waals surface area contributed by atoms with Crippen molar-refractivity contribution >= 4 is 0 Å². The Labute approximate surface area is 65.3 Å². The molecule has 0 unspecified atom stereocenters. The van der Waals surface area contributed by atoms with Crippen LogP contribution >= 0.6 is 0 Å². The summed E-state index contributed by atoms with van der Waals surface area (Å²) in [6.07, 6.45) is 1.53. The Morgan fingerprint density at radius 2 is 2.18 bits per heavy atom. The highest BCUT2D eigenvalue weighted by atomic mass is 19.1. The maximum atomic E-state index is 12.9. The molecule has 2 N–H and O–H groups in total. The van der Waals surface area contributed by atoms with Crippen molar-refractivity contribution in [3.8, 4) is 0 Å². The molecule has 0 aliphatic heterocycles. The maximum absolute atomic E-state index is 12.9. The highest BCUT2D eigenvalue weighted by molar-refractivity contribution is 5.14. The van der Waals surface area contributed by atoms with E-state index in [2.05, 4.69) is 4.98 Å². The molecule has 60 valence electrons. The van der Waals surface area contributed by atoms with E-state index >= 15 is 0 Å². The summed E-state index contributed by atoms with van der Waals surface area (Å²) in [7, 11) is 0. The summed E-state index contributed by atoms with van der Waals surface area (Å²) in [4.78, 5) is 3.85. The van der Waals surface area contributed by atoms with Gasteiger partial charge in [-0.15, -0.1) is 0 Å². The molecular formula is C8H11FN2. The zero-order chi connectivity index (χ0) is 8.48. The minimum Gasteiger partial charge on any atom is -0.320 e. The van der Waals surface area contributed by atoms with Gasteiger partial charge in [0.2, 0.25) is 0 Å². The molecule has 0 spiro atoms. The van der Waals surface area contributed by atoms with Crippen molar-refractivity contribution in [2.24, 2.45) is 5.73 Å². The fourth-order valence-electron chi connectivity index (χ4n) is 0.860. The van der Waals surface area contributed by atoms with E-state index in [-0.39, 0.29) is 5.82 Å². The Hall–Kier alpha value is -0.960. The second kappa shape index (κ2) is 2.58. The van der Waals surface area contributed by atoms with Gasteiger partial charge in [-0.25, -0.2) is 4.39 Å². The highest BCUT2D eigenvalue weighted by Gasteiger charge is 2.19. The molecule has 0 fully saturated rings. The second-order valence-corrected chi connectivity index (χ2v) is 3.06. The van der Waals surface area contributed by atoms with Crippen LogP contribution in [0, 0.1) is 5.82 Å². The van der Waals surface area contributed by atoms with Crippen molar-refractivity contribution in [1.82, 2.24) is 4.98 Å². The summed E-state index contributed by atoms with van der Waals surface area (Å²) in [6, 6.07) is 2.90. The van der Waals surface area contributed by atoms with Crippen LogP contribution in [-0.4, -0.2) is 4.98 Å². The molecule has 0 bridgehead atoms. The third kappa shape index (κ3) is 1.74. The average Bonchev–Trinajstić information content (AvgIpc) is 1.86. The van der Waals surface area contributed by atoms with Gasteiger partial charge in [0.25, 0.3) is 0 Å². The molecule has 0 saturated heterocycles. The minimum absolute atomic E-state index is 0.306. The Bertz CT molecular complexity index is 253. The van der Waals surface area contributed by atoms with Crippen LogP contribution in [0.15, 0.2) is 18.3 Å². The fourth-order valence-corrected chi connectivity index (χ4v) is 0.860. The molecule has 0 amide bonds. The van der Waals surface area contributed by atoms with E-state index in [9.17, 15) is 4.39 Å². The van der Waals surface area contributed by atoms with Gasteiger partial charge in [-0.1, -0.05) is 0 Å². The first-order valence-electron chi connectivity index (χ1n) is 3.41. The van der Waals surface area contributed by atoms with Gasteiger partial charge < -0.3 is 5.73 Å². The monoisotopic (exact) mass is 154 g/mol. The minimum atomic E-state index is -0.703. The predicted octanol–water partition coefficient (Wildman–Crippen LogP) is 1.41. The van der Waals surface area contributed by atoms with E-state index in [0.717, 1.165) is 0 Å². The Morgan fingerprint density at radius 3 is 2.55 bits per heavy atom. The first-order chi connectivity index (χ1) is 5.02. The van der Waals surface area contributed by atoms with Gasteiger partial charge in [0.15, 0.2) is 0 Å². The standard InChI is InChI=1S/C8H11FN2/c1-8(2,10)7-6(9)4-3-5-11-7/h3-5H,10H2,1-2H3. The number of nitrogens with zero attached hydrogens (tertiary/aromatic N) is 1. The van der Waals surface area contributed by atoms with Gasteiger partial charge in [0.1, 0.15) is 5.82 Å². The molecule has 0 aromatic carbocycles. The third-order valence-corrected chi connectivity index (χ3v) is 1.37. The predicted molar refractivity (Wildman–Crippen MR) is 41.4 cm³/mol. The van der Waals surface area contributed by atoms with Crippen molar-refractivity contribution in [3.05, 3.63) is 29.8 Å². The smallest absolute Gasteiger partial charge is 0.146 e. The van der Waals surface area contributed by atoms with Crippen molar-refractivity contribution in [3.63, 3.8) is 0 Å². The lowest BCUT2D eigenvalue weighted by Crippen LogP contribution is -2.31. The maximum Gasteiger partial charge on any atom is 0.146 e. The molecule has 3 heteroatoms. The van der Waals surface area contributed by atoms with Gasteiger partial charge >= 0.3 is 0 Å². The quantitative estimate of drug-likeness (QED) is 0.664. The Kier molecular flexibility index (Phi) is 1.91. The third-order valence-electron chi connectivity index (χ3n) is 1.37. The van der Waals surface area contributed by atoms with Crippen molar-refractivity contribution in [2.75, 3.05) is 0 Å². The van der Waals surface area contributed by atoms with E-state index in [0.29, 0.717) is 5.69 Å². The second-order valence-electron chi connectivity index (χ2n) is 3.06. The Balaban J connectivity index is 3.14. The summed E-state index contributed by atoms with van der Waals surface area (Å²) in [5.41, 5.74) is 5.26. The van der Waals surface area contributed by atoms with E-state index < -0.39 is 5.54 Å². The number of aromatic nitrogens is 1. The normalized spacial score (nSPS) is 11.6. The molecule has 1 aromatic rings. The number of hydrogen-bond acceptors (Lipinski definition) is 2. The molecule has 0 aliphatic carbocycles. The van der Waals surface area contributed by atoms with Gasteiger partial charge in [0.05, 0.1) is 11.2 Å². The van der Waals surface area contributed by atoms with E-state index in [1.165, 1.54) is 12.3 Å².